The summed E-state index contributed by atoms with van der Waals surface area (Å²) in [7, 11) is 1.60. The Hall–Kier alpha value is -2.33. The van der Waals surface area contributed by atoms with Gasteiger partial charge in [0.25, 0.3) is 5.91 Å². The second-order valence-electron chi connectivity index (χ2n) is 8.01. The number of amides is 1. The number of pyridine rings is 1. The van der Waals surface area contributed by atoms with Crippen LogP contribution in [0.15, 0.2) is 32.8 Å². The smallest absolute Gasteiger partial charge is 0.307 e. The van der Waals surface area contributed by atoms with E-state index in [-0.39, 0.29) is 46.7 Å². The zero-order valence-corrected chi connectivity index (χ0v) is 21.5. The number of nitrogens with zero attached hydrogens (tertiary/aromatic N) is 2. The van der Waals surface area contributed by atoms with Gasteiger partial charge in [0.2, 0.25) is 0 Å². The van der Waals surface area contributed by atoms with Gasteiger partial charge in [0.1, 0.15) is 11.3 Å². The maximum absolute atomic E-state index is 14.1. The quantitative estimate of drug-likeness (QED) is 0.317. The molecule has 33 heavy (non-hydrogen) atoms. The predicted molar refractivity (Wildman–Crippen MR) is 137 cm³/mol. The van der Waals surface area contributed by atoms with E-state index in [0.29, 0.717) is 22.9 Å². The second-order valence-corrected chi connectivity index (χ2v) is 10.6. The highest BCUT2D eigenvalue weighted by Gasteiger charge is 2.33. The Labute approximate surface area is 206 Å². The van der Waals surface area contributed by atoms with Crippen LogP contribution in [-0.4, -0.2) is 43.5 Å². The number of aliphatic carboxylic acids is 1. The first-order valence-electron chi connectivity index (χ1n) is 10.3. The zero-order valence-electron chi connectivity index (χ0n) is 18.6. The Bertz CT molecular complexity index is 1220. The highest BCUT2D eigenvalue weighted by atomic mass is 127. The molecule has 0 fully saturated rings. The average Bonchev–Trinajstić information content (AvgIpc) is 3.07. The maximum atomic E-state index is 14.1. The van der Waals surface area contributed by atoms with Crippen molar-refractivity contribution in [3.8, 4) is 5.75 Å². The number of carbonyl (C=O) groups excluding carboxylic acids is 1. The summed E-state index contributed by atoms with van der Waals surface area (Å²) >= 11 is 5.15. The third kappa shape index (κ3) is 5.11. The van der Waals surface area contributed by atoms with Gasteiger partial charge < -0.3 is 15.1 Å². The van der Waals surface area contributed by atoms with Crippen molar-refractivity contribution in [1.82, 2.24) is 9.88 Å². The maximum Gasteiger partial charge on any atom is 0.307 e. The molecule has 2 N–H and O–H groups in total. The molecule has 1 aromatic carbocycles. The summed E-state index contributed by atoms with van der Waals surface area (Å²) in [6.45, 7) is 3.74. The summed E-state index contributed by atoms with van der Waals surface area (Å²) < 4.78 is 19.1. The molecule has 1 aromatic heterocycles. The van der Waals surface area contributed by atoms with Crippen LogP contribution in [0.2, 0.25) is 0 Å². The van der Waals surface area contributed by atoms with Crippen LogP contribution in [0.3, 0.4) is 0 Å². The number of hydrogen-bond acceptors (Lipinski definition) is 4. The fourth-order valence-corrected chi connectivity index (χ4v) is 5.91. The van der Waals surface area contributed by atoms with Crippen molar-refractivity contribution >= 4 is 59.6 Å². The number of carboxylic acid groups (broad SMARTS) is 1. The van der Waals surface area contributed by atoms with Crippen LogP contribution in [0.25, 0.3) is 10.9 Å². The molecule has 0 spiro atoms. The number of halogens is 3. The van der Waals surface area contributed by atoms with Gasteiger partial charge in [-0.2, -0.15) is 0 Å². The summed E-state index contributed by atoms with van der Waals surface area (Å²) in [6.07, 6.45) is 4.11. The van der Waals surface area contributed by atoms with E-state index in [1.165, 1.54) is 17.9 Å². The first-order valence-corrected chi connectivity index (χ1v) is 13.3. The van der Waals surface area contributed by atoms with E-state index < -0.39 is 32.5 Å². The predicted octanol–water partition coefficient (Wildman–Crippen LogP) is 5.45. The molecular weight excluding hydrogens is 562 g/mol. The first kappa shape index (κ1) is 25.3. The van der Waals surface area contributed by atoms with Crippen molar-refractivity contribution in [3.63, 3.8) is 0 Å². The average molecular weight is 587 g/mol. The number of hydrogen-bond donors (Lipinski definition) is 2. The second kappa shape index (κ2) is 10.3. The number of carbonyl (C=O) groups is 2. The largest absolute Gasteiger partial charge is 0.505 e. The highest BCUT2D eigenvalue weighted by Crippen LogP contribution is 2.40. The summed E-state index contributed by atoms with van der Waals surface area (Å²) in [5.41, 5.74) is 2.16. The monoisotopic (exact) mass is 586 g/mol. The van der Waals surface area contributed by atoms with E-state index in [1.54, 1.807) is 13.2 Å². The molecule has 176 valence electrons. The molecule has 9 heteroatoms. The number of benzene rings is 1. The number of carboxylic acids is 1. The normalized spacial score (nSPS) is 15.6. The molecule has 3 rings (SSSR count). The summed E-state index contributed by atoms with van der Waals surface area (Å²) in [5, 5.41) is 20.9. The number of fused-ring (bicyclic) bond motifs is 2. The zero-order chi connectivity index (χ0) is 24.4. The number of rotatable bonds is 8. The van der Waals surface area contributed by atoms with E-state index in [4.69, 9.17) is 11.6 Å². The van der Waals surface area contributed by atoms with Crippen molar-refractivity contribution in [2.45, 2.75) is 39.7 Å². The van der Waals surface area contributed by atoms with Gasteiger partial charge in [-0.15, -0.1) is 0 Å². The molecule has 0 saturated heterocycles. The first-order chi connectivity index (χ1) is 15.6. The van der Waals surface area contributed by atoms with Crippen LogP contribution >= 0.6 is 32.3 Å². The molecule has 2 aromatic rings. The number of phenolic OH excluding ortho intramolecular Hbond substituents is 1. The Morgan fingerprint density at radius 3 is 2.76 bits per heavy atom. The number of phenols is 1. The Morgan fingerprint density at radius 2 is 2.18 bits per heavy atom. The third-order valence-electron chi connectivity index (χ3n) is 5.79. The molecule has 2 heterocycles. The molecule has 6 nitrogen and oxygen atoms in total. The lowest BCUT2D eigenvalue weighted by Gasteiger charge is -2.17. The summed E-state index contributed by atoms with van der Waals surface area (Å²) in [4.78, 5) is 30.0. The fourth-order valence-electron chi connectivity index (χ4n) is 4.08. The van der Waals surface area contributed by atoms with Crippen molar-refractivity contribution in [3.05, 3.63) is 55.0 Å². The lowest BCUT2D eigenvalue weighted by atomic mass is 9.91. The van der Waals surface area contributed by atoms with Crippen LogP contribution < -0.4 is 0 Å². The SMILES string of the molecule is C=I/C(=C/C(F)=C(\C)Cl)C(CC)Cc1cnc2c(O)c3c(c(CC(=O)O)c2c1)CN(C)C3=O. The number of aromatic hydroxyl groups is 1. The van der Waals surface area contributed by atoms with Gasteiger partial charge in [-0.3, -0.25) is 14.6 Å². The number of aromatic nitrogens is 1. The Balaban J connectivity index is 2.13. The molecule has 1 unspecified atom stereocenters. The minimum Gasteiger partial charge on any atom is -0.505 e. The number of allylic oxidation sites excluding steroid dienone is 4. The van der Waals surface area contributed by atoms with E-state index in [2.05, 4.69) is 9.50 Å². The van der Waals surface area contributed by atoms with Gasteiger partial charge in [0.05, 0.1) is 17.0 Å². The molecule has 0 bridgehead atoms. The summed E-state index contributed by atoms with van der Waals surface area (Å²) in [6, 6.07) is 1.82. The van der Waals surface area contributed by atoms with Gasteiger partial charge in [-0.1, -0.05) is 43.8 Å². The minimum absolute atomic E-state index is 0.0231. The van der Waals surface area contributed by atoms with Gasteiger partial charge in [-0.05, 0) is 58.1 Å². The van der Waals surface area contributed by atoms with Crippen LogP contribution in [0.5, 0.6) is 5.75 Å². The molecule has 0 saturated carbocycles. The highest BCUT2D eigenvalue weighted by molar-refractivity contribution is 14.2. The molecular formula is C24H25ClFIN2O4. The fraction of sp³-hybridized carbons (Fsp3) is 0.333. The van der Waals surface area contributed by atoms with Gasteiger partial charge in [-0.25, -0.2) is 4.39 Å². The van der Waals surface area contributed by atoms with Crippen LogP contribution in [0, 0.1) is 5.92 Å². The molecule has 1 amide bonds. The molecule has 0 aliphatic carbocycles. The van der Waals surface area contributed by atoms with E-state index in [9.17, 15) is 24.2 Å². The molecule has 1 aliphatic heterocycles. The van der Waals surface area contributed by atoms with E-state index in [0.717, 1.165) is 15.6 Å². The van der Waals surface area contributed by atoms with Crippen molar-refractivity contribution in [2.24, 2.45) is 5.92 Å². The topological polar surface area (TPSA) is 90.7 Å². The van der Waals surface area contributed by atoms with Gasteiger partial charge in [0, 0.05) is 25.2 Å². The van der Waals surface area contributed by atoms with Crippen molar-refractivity contribution in [2.75, 3.05) is 7.05 Å². The Morgan fingerprint density at radius 1 is 1.48 bits per heavy atom. The molecule has 1 atom stereocenters. The van der Waals surface area contributed by atoms with E-state index in [1.807, 2.05) is 13.0 Å². The van der Waals surface area contributed by atoms with Gasteiger partial charge >= 0.3 is 5.97 Å². The van der Waals surface area contributed by atoms with Crippen LogP contribution in [-0.2, 0) is 24.2 Å². The van der Waals surface area contributed by atoms with Crippen molar-refractivity contribution in [1.29, 1.82) is 0 Å². The van der Waals surface area contributed by atoms with Crippen LogP contribution in [0.4, 0.5) is 4.39 Å². The lowest BCUT2D eigenvalue weighted by Crippen LogP contribution is -2.17. The Kier molecular flexibility index (Phi) is 7.89. The van der Waals surface area contributed by atoms with Crippen LogP contribution in [0.1, 0.15) is 47.3 Å². The van der Waals surface area contributed by atoms with Gasteiger partial charge in [0.15, 0.2) is 5.75 Å². The van der Waals surface area contributed by atoms with E-state index >= 15 is 0 Å². The third-order valence-corrected chi connectivity index (χ3v) is 8.05. The minimum atomic E-state index is -1.03. The summed E-state index contributed by atoms with van der Waals surface area (Å²) in [5.74, 6) is -2.06. The standard InChI is InChI=1S/C24H25ClFIN2O4/c1-5-14(19(27-3)9-18(26)12(2)25)6-13-7-16-15(8-20(30)31)17-11-29(4)24(33)21(17)23(32)22(16)28-10-13/h7,9-10,14,32H,3,5-6,8,11H2,1-2,4H3,(H,30,31)/b18-12-,19-9+. The molecule has 0 radical (unpaired) electrons. The molecule has 1 aliphatic rings. The lowest BCUT2D eigenvalue weighted by molar-refractivity contribution is -0.136. The van der Waals surface area contributed by atoms with Crippen molar-refractivity contribution < 1.29 is 24.2 Å².